The number of para-hydroxylation sites is 1. The third kappa shape index (κ3) is 4.01. The van der Waals surface area contributed by atoms with Crippen LogP contribution in [0.5, 0.6) is 0 Å². The first-order chi connectivity index (χ1) is 16.2. The summed E-state index contributed by atoms with van der Waals surface area (Å²) in [4.78, 5) is 16.0. The van der Waals surface area contributed by atoms with E-state index in [4.69, 9.17) is 5.11 Å². The number of carbonyl (C=O) groups is 1. The third-order valence-electron chi connectivity index (χ3n) is 9.03. The molecule has 3 saturated carbocycles. The molecule has 1 aliphatic heterocycles. The molecule has 0 spiro atoms. The molecule has 2 aromatic rings. The Kier molecular flexibility index (Phi) is 5.53. The third-order valence-corrected chi connectivity index (χ3v) is 9.03. The minimum atomic E-state index is -0.868. The summed E-state index contributed by atoms with van der Waals surface area (Å²) < 4.78 is 0. The number of benzene rings is 2. The summed E-state index contributed by atoms with van der Waals surface area (Å²) in [6, 6.07) is 16.9. The Morgan fingerprint density at radius 3 is 2.45 bits per heavy atom. The Labute approximate surface area is 196 Å². The van der Waals surface area contributed by atoms with Crippen molar-refractivity contribution < 1.29 is 9.90 Å². The van der Waals surface area contributed by atoms with Crippen molar-refractivity contribution >= 4 is 17.3 Å². The molecular weight excluding hydrogens is 410 g/mol. The second kappa shape index (κ2) is 8.68. The molecule has 1 heterocycles. The summed E-state index contributed by atoms with van der Waals surface area (Å²) in [7, 11) is 0. The van der Waals surface area contributed by atoms with Crippen molar-refractivity contribution in [3.63, 3.8) is 0 Å². The van der Waals surface area contributed by atoms with Gasteiger partial charge in [0.2, 0.25) is 0 Å². The second-order valence-corrected chi connectivity index (χ2v) is 10.7. The lowest BCUT2D eigenvalue weighted by Crippen LogP contribution is -2.46. The Balaban J connectivity index is 1.07. The molecule has 5 heteroatoms. The highest BCUT2D eigenvalue weighted by Crippen LogP contribution is 2.59. The van der Waals surface area contributed by atoms with E-state index in [-0.39, 0.29) is 0 Å². The van der Waals surface area contributed by atoms with Gasteiger partial charge in [0.1, 0.15) is 0 Å². The average molecular weight is 446 g/mol. The SMILES string of the molecule is O=C(O)c1ccc(N2CCN(Cc3ccccc3NC3CC4CC3C3CCCC43)CC2)cc1. The van der Waals surface area contributed by atoms with E-state index in [1.165, 1.54) is 43.4 Å². The predicted octanol–water partition coefficient (Wildman–Crippen LogP) is 4.94. The number of nitrogens with one attached hydrogen (secondary N) is 1. The summed E-state index contributed by atoms with van der Waals surface area (Å²) in [5.74, 6) is 3.04. The number of carboxylic acids is 1. The molecule has 5 nitrogen and oxygen atoms in total. The molecule has 6 rings (SSSR count). The molecule has 0 radical (unpaired) electrons. The van der Waals surface area contributed by atoms with Gasteiger partial charge < -0.3 is 15.3 Å². The largest absolute Gasteiger partial charge is 0.478 e. The summed E-state index contributed by atoms with van der Waals surface area (Å²) in [6.45, 7) is 4.97. The van der Waals surface area contributed by atoms with E-state index < -0.39 is 5.97 Å². The molecule has 2 aromatic carbocycles. The molecule has 0 aromatic heterocycles. The van der Waals surface area contributed by atoms with Crippen molar-refractivity contribution in [2.45, 2.75) is 44.7 Å². The summed E-state index contributed by atoms with van der Waals surface area (Å²) in [5, 5.41) is 13.1. The van der Waals surface area contributed by atoms with E-state index in [0.717, 1.165) is 62.1 Å². The van der Waals surface area contributed by atoms with Crippen LogP contribution in [-0.2, 0) is 6.54 Å². The molecule has 1 saturated heterocycles. The van der Waals surface area contributed by atoms with E-state index in [2.05, 4.69) is 39.4 Å². The molecular formula is C28H35N3O2. The topological polar surface area (TPSA) is 55.8 Å². The normalized spacial score (nSPS) is 31.0. The predicted molar refractivity (Wildman–Crippen MR) is 132 cm³/mol. The summed E-state index contributed by atoms with van der Waals surface area (Å²) in [5.41, 5.74) is 4.22. The average Bonchev–Trinajstić information content (AvgIpc) is 3.55. The number of piperazine rings is 1. The van der Waals surface area contributed by atoms with Crippen LogP contribution in [-0.4, -0.2) is 48.2 Å². The first-order valence-electron chi connectivity index (χ1n) is 12.8. The van der Waals surface area contributed by atoms with Crippen LogP contribution in [0.2, 0.25) is 0 Å². The summed E-state index contributed by atoms with van der Waals surface area (Å²) >= 11 is 0. The highest BCUT2D eigenvalue weighted by atomic mass is 16.4. The van der Waals surface area contributed by atoms with Crippen LogP contribution in [0, 0.1) is 23.7 Å². The Morgan fingerprint density at radius 2 is 1.67 bits per heavy atom. The molecule has 33 heavy (non-hydrogen) atoms. The zero-order valence-corrected chi connectivity index (χ0v) is 19.3. The van der Waals surface area contributed by atoms with Crippen LogP contribution in [0.1, 0.15) is 48.0 Å². The van der Waals surface area contributed by atoms with Gasteiger partial charge in [-0.05, 0) is 85.3 Å². The zero-order chi connectivity index (χ0) is 22.4. The smallest absolute Gasteiger partial charge is 0.335 e. The van der Waals surface area contributed by atoms with Gasteiger partial charge in [-0.15, -0.1) is 0 Å². The first kappa shape index (κ1) is 21.0. The van der Waals surface area contributed by atoms with Crippen molar-refractivity contribution in [3.8, 4) is 0 Å². The quantitative estimate of drug-likeness (QED) is 0.659. The lowest BCUT2D eigenvalue weighted by atomic mass is 9.79. The molecule has 174 valence electrons. The number of anilines is 2. The van der Waals surface area contributed by atoms with E-state index in [1.54, 1.807) is 12.1 Å². The minimum Gasteiger partial charge on any atom is -0.478 e. The number of hydrogen-bond donors (Lipinski definition) is 2. The van der Waals surface area contributed by atoms with Crippen molar-refractivity contribution in [1.29, 1.82) is 0 Å². The van der Waals surface area contributed by atoms with Gasteiger partial charge in [-0.25, -0.2) is 4.79 Å². The van der Waals surface area contributed by atoms with Crippen molar-refractivity contribution in [3.05, 3.63) is 59.7 Å². The minimum absolute atomic E-state index is 0.348. The Morgan fingerprint density at radius 1 is 0.909 bits per heavy atom. The first-order valence-corrected chi connectivity index (χ1v) is 12.8. The molecule has 3 aliphatic carbocycles. The van der Waals surface area contributed by atoms with Crippen LogP contribution < -0.4 is 10.2 Å². The maximum atomic E-state index is 11.1. The maximum Gasteiger partial charge on any atom is 0.335 e. The fourth-order valence-electron chi connectivity index (χ4n) is 7.45. The fraction of sp³-hybridized carbons (Fsp3) is 0.536. The number of aromatic carboxylic acids is 1. The molecule has 4 fully saturated rings. The fourth-order valence-corrected chi connectivity index (χ4v) is 7.45. The van der Waals surface area contributed by atoms with Gasteiger partial charge in [0, 0.05) is 50.1 Å². The van der Waals surface area contributed by atoms with E-state index in [0.29, 0.717) is 11.6 Å². The number of nitrogens with zero attached hydrogens (tertiary/aromatic N) is 2. The molecule has 0 amide bonds. The van der Waals surface area contributed by atoms with E-state index in [9.17, 15) is 4.79 Å². The number of hydrogen-bond acceptors (Lipinski definition) is 4. The van der Waals surface area contributed by atoms with Crippen LogP contribution in [0.3, 0.4) is 0 Å². The summed E-state index contributed by atoms with van der Waals surface area (Å²) in [6.07, 6.45) is 7.26. The van der Waals surface area contributed by atoms with Crippen LogP contribution in [0.25, 0.3) is 0 Å². The van der Waals surface area contributed by atoms with Gasteiger partial charge in [-0.2, -0.15) is 0 Å². The van der Waals surface area contributed by atoms with Gasteiger partial charge >= 0.3 is 5.97 Å². The second-order valence-electron chi connectivity index (χ2n) is 10.7. The molecule has 2 bridgehead atoms. The Hall–Kier alpha value is -2.53. The van der Waals surface area contributed by atoms with Crippen molar-refractivity contribution in [2.75, 3.05) is 36.4 Å². The van der Waals surface area contributed by atoms with Gasteiger partial charge in [0.15, 0.2) is 0 Å². The van der Waals surface area contributed by atoms with Gasteiger partial charge in [-0.1, -0.05) is 24.6 Å². The monoisotopic (exact) mass is 445 g/mol. The highest BCUT2D eigenvalue weighted by Gasteiger charge is 2.53. The zero-order valence-electron chi connectivity index (χ0n) is 19.3. The molecule has 4 aliphatic rings. The maximum absolute atomic E-state index is 11.1. The van der Waals surface area contributed by atoms with E-state index in [1.807, 2.05) is 12.1 Å². The lowest BCUT2D eigenvalue weighted by Gasteiger charge is -2.37. The number of fused-ring (bicyclic) bond motifs is 5. The van der Waals surface area contributed by atoms with E-state index >= 15 is 0 Å². The lowest BCUT2D eigenvalue weighted by molar-refractivity contribution is 0.0697. The van der Waals surface area contributed by atoms with Gasteiger partial charge in [0.05, 0.1) is 5.56 Å². The standard InChI is InChI=1S/C28H35N3O2/c32-28(33)19-8-10-22(11-9-19)31-14-12-30(13-15-31)18-20-4-1-2-7-26(20)29-27-17-21-16-25(27)24-6-3-5-23(21)24/h1-2,4,7-11,21,23-25,27,29H,3,5-6,12-18H2,(H,32,33). The number of rotatable bonds is 6. The molecule has 5 atom stereocenters. The highest BCUT2D eigenvalue weighted by molar-refractivity contribution is 5.88. The van der Waals surface area contributed by atoms with Crippen molar-refractivity contribution in [1.82, 2.24) is 4.90 Å². The number of carboxylic acid groups (broad SMARTS) is 1. The van der Waals surface area contributed by atoms with Gasteiger partial charge in [-0.3, -0.25) is 4.90 Å². The van der Waals surface area contributed by atoms with Crippen LogP contribution >= 0.6 is 0 Å². The molecule has 5 unspecified atom stereocenters. The van der Waals surface area contributed by atoms with Crippen LogP contribution in [0.15, 0.2) is 48.5 Å². The Bertz CT molecular complexity index is 998. The van der Waals surface area contributed by atoms with Gasteiger partial charge in [0.25, 0.3) is 0 Å². The molecule has 2 N–H and O–H groups in total. The van der Waals surface area contributed by atoms with Crippen LogP contribution in [0.4, 0.5) is 11.4 Å². The van der Waals surface area contributed by atoms with Crippen molar-refractivity contribution in [2.24, 2.45) is 23.7 Å².